The summed E-state index contributed by atoms with van der Waals surface area (Å²) in [5, 5.41) is 8.71. The maximum atomic E-state index is 13.8. The van der Waals surface area contributed by atoms with Gasteiger partial charge in [-0.3, -0.25) is 0 Å². The van der Waals surface area contributed by atoms with Gasteiger partial charge in [0.25, 0.3) is 0 Å². The molecular weight excluding hydrogens is 333 g/mol. The van der Waals surface area contributed by atoms with Crippen LogP contribution in [0.25, 0.3) is 0 Å². The summed E-state index contributed by atoms with van der Waals surface area (Å²) in [6.07, 6.45) is 4.01. The molecule has 0 radical (unpaired) electrons. The molecule has 5 nitrogen and oxygen atoms in total. The molecule has 0 amide bonds. The van der Waals surface area contributed by atoms with Gasteiger partial charge in [-0.2, -0.15) is 0 Å². The maximum absolute atomic E-state index is 13.8. The predicted octanol–water partition coefficient (Wildman–Crippen LogP) is 2.76. The van der Waals surface area contributed by atoms with Crippen LogP contribution in [-0.4, -0.2) is 32.5 Å². The highest BCUT2D eigenvalue weighted by Crippen LogP contribution is 2.31. The van der Waals surface area contributed by atoms with Gasteiger partial charge in [0.15, 0.2) is 11.6 Å². The van der Waals surface area contributed by atoms with Gasteiger partial charge in [-0.25, -0.2) is 17.5 Å². The lowest BCUT2D eigenvalue weighted by Crippen LogP contribution is -2.29. The molecule has 1 aromatic carbocycles. The zero-order valence-electron chi connectivity index (χ0n) is 14.0. The molecular formula is C17H26FNO4S. The average molecular weight is 359 g/mol. The Labute approximate surface area is 143 Å². The fourth-order valence-electron chi connectivity index (χ4n) is 2.37. The first-order chi connectivity index (χ1) is 11.4. The molecule has 0 heterocycles. The van der Waals surface area contributed by atoms with Crippen LogP contribution in [-0.2, 0) is 10.0 Å². The molecule has 24 heavy (non-hydrogen) atoms. The molecule has 2 rings (SSSR count). The Bertz CT molecular complexity index is 631. The number of aliphatic hydroxyl groups is 1. The van der Waals surface area contributed by atoms with E-state index in [1.54, 1.807) is 19.1 Å². The van der Waals surface area contributed by atoms with Crippen LogP contribution in [0.5, 0.6) is 5.75 Å². The summed E-state index contributed by atoms with van der Waals surface area (Å²) in [5.74, 6) is 0.276. The van der Waals surface area contributed by atoms with Crippen molar-refractivity contribution in [2.75, 3.05) is 19.0 Å². The Balaban J connectivity index is 1.92. The van der Waals surface area contributed by atoms with E-state index in [0.29, 0.717) is 37.4 Å². The number of sulfonamides is 1. The second kappa shape index (κ2) is 8.78. The van der Waals surface area contributed by atoms with Crippen molar-refractivity contribution in [2.45, 2.75) is 45.1 Å². The quantitative estimate of drug-likeness (QED) is 0.596. The van der Waals surface area contributed by atoms with Crippen molar-refractivity contribution < 1.29 is 22.7 Å². The van der Waals surface area contributed by atoms with Crippen LogP contribution in [0.2, 0.25) is 0 Å². The minimum atomic E-state index is -3.41. The summed E-state index contributed by atoms with van der Waals surface area (Å²) < 4.78 is 46.0. The number of hydrogen-bond acceptors (Lipinski definition) is 4. The fourth-order valence-corrected chi connectivity index (χ4v) is 3.75. The number of aliphatic hydroxyl groups excluding tert-OH is 1. The Morgan fingerprint density at radius 3 is 2.75 bits per heavy atom. The van der Waals surface area contributed by atoms with E-state index >= 15 is 0 Å². The number of benzene rings is 1. The van der Waals surface area contributed by atoms with Crippen molar-refractivity contribution in [1.29, 1.82) is 0 Å². The monoisotopic (exact) mass is 359 g/mol. The lowest BCUT2D eigenvalue weighted by atomic mass is 10.1. The molecule has 1 atom stereocenters. The largest absolute Gasteiger partial charge is 0.490 e. The molecule has 7 heteroatoms. The van der Waals surface area contributed by atoms with E-state index in [2.05, 4.69) is 4.72 Å². The average Bonchev–Trinajstić information content (AvgIpc) is 3.34. The molecule has 1 aromatic rings. The Morgan fingerprint density at radius 2 is 2.08 bits per heavy atom. The van der Waals surface area contributed by atoms with Crippen LogP contribution in [0, 0.1) is 11.7 Å². The number of nitrogens with one attached hydrogen (secondary N) is 1. The summed E-state index contributed by atoms with van der Waals surface area (Å²) in [6, 6.07) is 3.98. The second-order valence-corrected chi connectivity index (χ2v) is 8.26. The highest BCUT2D eigenvalue weighted by Gasteiger charge is 2.23. The van der Waals surface area contributed by atoms with Crippen LogP contribution < -0.4 is 9.46 Å². The smallest absolute Gasteiger partial charge is 0.212 e. The van der Waals surface area contributed by atoms with Crippen LogP contribution in [0.3, 0.4) is 0 Å². The van der Waals surface area contributed by atoms with Crippen LogP contribution in [0.15, 0.2) is 18.2 Å². The lowest BCUT2D eigenvalue weighted by Gasteiger charge is -2.16. The van der Waals surface area contributed by atoms with Gasteiger partial charge in [-0.05, 0) is 56.2 Å². The molecule has 1 fully saturated rings. The van der Waals surface area contributed by atoms with E-state index in [1.165, 1.54) is 6.07 Å². The van der Waals surface area contributed by atoms with E-state index < -0.39 is 21.9 Å². The van der Waals surface area contributed by atoms with Crippen LogP contribution >= 0.6 is 0 Å². The number of rotatable bonds is 11. The zero-order chi connectivity index (χ0) is 17.6. The van der Waals surface area contributed by atoms with E-state index in [0.717, 1.165) is 12.8 Å². The van der Waals surface area contributed by atoms with Gasteiger partial charge in [0.2, 0.25) is 10.0 Å². The van der Waals surface area contributed by atoms with Gasteiger partial charge in [-0.15, -0.1) is 0 Å². The molecule has 0 saturated heterocycles. The summed E-state index contributed by atoms with van der Waals surface area (Å²) in [6.45, 7) is 2.30. The molecule has 1 unspecified atom stereocenters. The minimum absolute atomic E-state index is 0.0174. The molecule has 1 saturated carbocycles. The molecule has 0 spiro atoms. The van der Waals surface area contributed by atoms with Gasteiger partial charge in [0.1, 0.15) is 0 Å². The van der Waals surface area contributed by atoms with E-state index in [-0.39, 0.29) is 18.1 Å². The number of halogens is 1. The van der Waals surface area contributed by atoms with Gasteiger partial charge in [0.05, 0.1) is 12.4 Å². The summed E-state index contributed by atoms with van der Waals surface area (Å²) in [7, 11) is -3.41. The van der Waals surface area contributed by atoms with Crippen molar-refractivity contribution in [1.82, 2.24) is 4.72 Å². The van der Waals surface area contributed by atoms with Crippen molar-refractivity contribution in [3.8, 4) is 5.75 Å². The third kappa shape index (κ3) is 6.37. The zero-order valence-corrected chi connectivity index (χ0v) is 14.8. The minimum Gasteiger partial charge on any atom is -0.490 e. The molecule has 136 valence electrons. The maximum Gasteiger partial charge on any atom is 0.212 e. The van der Waals surface area contributed by atoms with Crippen LogP contribution in [0.4, 0.5) is 4.39 Å². The van der Waals surface area contributed by atoms with Crippen molar-refractivity contribution in [3.05, 3.63) is 29.6 Å². The van der Waals surface area contributed by atoms with Gasteiger partial charge in [-0.1, -0.05) is 12.5 Å². The lowest BCUT2D eigenvalue weighted by molar-refractivity contribution is 0.284. The summed E-state index contributed by atoms with van der Waals surface area (Å²) in [4.78, 5) is 0. The molecule has 0 aliphatic heterocycles. The molecule has 0 aromatic heterocycles. The van der Waals surface area contributed by atoms with Crippen molar-refractivity contribution >= 4 is 10.0 Å². The van der Waals surface area contributed by atoms with Gasteiger partial charge >= 0.3 is 0 Å². The van der Waals surface area contributed by atoms with Gasteiger partial charge < -0.3 is 9.84 Å². The number of hydrogen-bond donors (Lipinski definition) is 2. The van der Waals surface area contributed by atoms with Crippen LogP contribution in [0.1, 0.15) is 50.6 Å². The van der Waals surface area contributed by atoms with Gasteiger partial charge in [0, 0.05) is 12.6 Å². The highest BCUT2D eigenvalue weighted by molar-refractivity contribution is 7.89. The van der Waals surface area contributed by atoms with Crippen molar-refractivity contribution in [2.24, 2.45) is 5.92 Å². The molecule has 1 aliphatic rings. The first-order valence-electron chi connectivity index (χ1n) is 8.44. The number of unbranched alkanes of at least 4 members (excludes halogenated alkanes) is 2. The predicted molar refractivity (Wildman–Crippen MR) is 90.9 cm³/mol. The fraction of sp³-hybridized carbons (Fsp3) is 0.647. The first-order valence-corrected chi connectivity index (χ1v) is 10.1. The summed E-state index contributed by atoms with van der Waals surface area (Å²) in [5.41, 5.74) is 0.668. The Morgan fingerprint density at radius 1 is 1.33 bits per heavy atom. The van der Waals surface area contributed by atoms with E-state index in [1.807, 2.05) is 0 Å². The summed E-state index contributed by atoms with van der Waals surface area (Å²) >= 11 is 0. The van der Waals surface area contributed by atoms with E-state index in [9.17, 15) is 12.8 Å². The second-order valence-electron chi connectivity index (χ2n) is 6.39. The highest BCUT2D eigenvalue weighted by atomic mass is 32.2. The molecule has 0 bridgehead atoms. The Kier molecular flexibility index (Phi) is 7.01. The van der Waals surface area contributed by atoms with Crippen molar-refractivity contribution in [3.63, 3.8) is 0 Å². The SMILES string of the molecule is CC(NS(=O)(=O)CCCCCO)c1ccc(F)c(OCC2CC2)c1. The Hall–Kier alpha value is -1.18. The van der Waals surface area contributed by atoms with E-state index in [4.69, 9.17) is 9.84 Å². The third-order valence-corrected chi connectivity index (χ3v) is 5.59. The number of ether oxygens (including phenoxy) is 1. The topological polar surface area (TPSA) is 75.6 Å². The standard InChI is InChI=1S/C17H26FNO4S/c1-13(19-24(21,22)10-4-2-3-9-20)15-7-8-16(18)17(11-15)23-12-14-5-6-14/h7-8,11,13-14,19-20H,2-6,9-10,12H2,1H3. The first kappa shape index (κ1) is 19.1. The molecule has 2 N–H and O–H groups in total. The third-order valence-electron chi connectivity index (χ3n) is 4.05. The normalized spacial score (nSPS) is 16.1. The molecule has 1 aliphatic carbocycles.